The van der Waals surface area contributed by atoms with Crippen molar-refractivity contribution >= 4 is 13.2 Å². The molecule has 5 heteroatoms. The smallest absolute Gasteiger partial charge is 0.400 e. The molecule has 1 aliphatic heterocycles. The van der Waals surface area contributed by atoms with Gasteiger partial charge < -0.3 is 15.0 Å². The Bertz CT molecular complexity index is 522. The van der Waals surface area contributed by atoms with E-state index in [0.717, 1.165) is 11.3 Å². The third kappa shape index (κ3) is 3.43. The van der Waals surface area contributed by atoms with Crippen molar-refractivity contribution in [2.75, 3.05) is 0 Å². The third-order valence-electron chi connectivity index (χ3n) is 4.12. The molecule has 0 aromatic carbocycles. The Kier molecular flexibility index (Phi) is 4.37. The van der Waals surface area contributed by atoms with Crippen LogP contribution < -0.4 is 5.73 Å². The maximum atomic E-state index is 5.90. The summed E-state index contributed by atoms with van der Waals surface area (Å²) in [5.74, 6) is 1.90. The van der Waals surface area contributed by atoms with E-state index in [1.54, 1.807) is 12.3 Å². The quantitative estimate of drug-likeness (QED) is 0.683. The number of hydrogen-bond acceptors (Lipinski definition) is 4. The summed E-state index contributed by atoms with van der Waals surface area (Å²) in [4.78, 5) is 4.32. The van der Waals surface area contributed by atoms with Crippen LogP contribution in [0.3, 0.4) is 0 Å². The van der Waals surface area contributed by atoms with Crippen LogP contribution in [0.15, 0.2) is 37.0 Å². The van der Waals surface area contributed by atoms with E-state index < -0.39 is 0 Å². The van der Waals surface area contributed by atoms with Crippen molar-refractivity contribution in [3.8, 4) is 0 Å². The molecule has 1 fully saturated rings. The van der Waals surface area contributed by atoms with Crippen molar-refractivity contribution in [2.45, 2.75) is 44.9 Å². The van der Waals surface area contributed by atoms with Crippen molar-refractivity contribution in [3.63, 3.8) is 0 Å². The molecule has 0 aliphatic carbocycles. The average Bonchev–Trinajstić information content (AvgIpc) is 2.64. The van der Waals surface area contributed by atoms with E-state index in [-0.39, 0.29) is 24.4 Å². The molecular formula is C16H23BN2O2. The number of nitrogens with two attached hydrogens (primary N) is 1. The van der Waals surface area contributed by atoms with Gasteiger partial charge in [-0.2, -0.15) is 0 Å². The van der Waals surface area contributed by atoms with Gasteiger partial charge in [-0.3, -0.25) is 4.98 Å². The van der Waals surface area contributed by atoms with Gasteiger partial charge in [0.1, 0.15) is 0 Å². The SMILES string of the molecule is C=C[C@@H](N)c1ccc(/C=C/B2OC(C)(C)C(C)(C)O2)cn1. The van der Waals surface area contributed by atoms with Gasteiger partial charge in [0.2, 0.25) is 0 Å². The molecule has 0 amide bonds. The first-order chi connectivity index (χ1) is 9.75. The van der Waals surface area contributed by atoms with Gasteiger partial charge in [-0.05, 0) is 39.3 Å². The normalized spacial score (nSPS) is 21.7. The van der Waals surface area contributed by atoms with Gasteiger partial charge in [-0.15, -0.1) is 6.58 Å². The molecule has 0 unspecified atom stereocenters. The first-order valence-electron chi connectivity index (χ1n) is 7.13. The number of hydrogen-bond donors (Lipinski definition) is 1. The second-order valence-electron chi connectivity index (χ2n) is 6.26. The minimum Gasteiger partial charge on any atom is -0.400 e. The predicted molar refractivity (Wildman–Crippen MR) is 86.5 cm³/mol. The van der Waals surface area contributed by atoms with Crippen LogP contribution in [0.1, 0.15) is 45.0 Å². The van der Waals surface area contributed by atoms with E-state index in [0.29, 0.717) is 0 Å². The van der Waals surface area contributed by atoms with Crippen LogP contribution in [0.25, 0.3) is 6.08 Å². The maximum Gasteiger partial charge on any atom is 0.487 e. The van der Waals surface area contributed by atoms with Crippen LogP contribution in [0.4, 0.5) is 0 Å². The van der Waals surface area contributed by atoms with Crippen molar-refractivity contribution in [3.05, 3.63) is 48.2 Å². The van der Waals surface area contributed by atoms with Gasteiger partial charge in [0.25, 0.3) is 0 Å². The lowest BCUT2D eigenvalue weighted by Crippen LogP contribution is -2.41. The minimum absolute atomic E-state index is 0.230. The zero-order valence-corrected chi connectivity index (χ0v) is 13.2. The molecule has 112 valence electrons. The van der Waals surface area contributed by atoms with Crippen molar-refractivity contribution in [1.29, 1.82) is 0 Å². The molecule has 1 atom stereocenters. The highest BCUT2D eigenvalue weighted by Gasteiger charge is 2.49. The van der Waals surface area contributed by atoms with Crippen LogP contribution >= 0.6 is 0 Å². The summed E-state index contributed by atoms with van der Waals surface area (Å²) in [6.07, 6.45) is 5.39. The summed E-state index contributed by atoms with van der Waals surface area (Å²) in [6, 6.07) is 3.63. The van der Waals surface area contributed by atoms with Gasteiger partial charge in [-0.25, -0.2) is 0 Å². The lowest BCUT2D eigenvalue weighted by Gasteiger charge is -2.32. The minimum atomic E-state index is -0.342. The molecule has 0 saturated carbocycles. The molecule has 2 N–H and O–H groups in total. The van der Waals surface area contributed by atoms with Crippen LogP contribution in [-0.2, 0) is 9.31 Å². The number of rotatable bonds is 4. The van der Waals surface area contributed by atoms with Gasteiger partial charge in [-0.1, -0.05) is 24.2 Å². The van der Waals surface area contributed by atoms with Crippen LogP contribution in [0.2, 0.25) is 0 Å². The molecule has 0 spiro atoms. The van der Waals surface area contributed by atoms with Gasteiger partial charge in [0.15, 0.2) is 0 Å². The second kappa shape index (κ2) is 5.75. The maximum absolute atomic E-state index is 5.90. The van der Waals surface area contributed by atoms with Crippen LogP contribution in [-0.4, -0.2) is 23.3 Å². The zero-order valence-electron chi connectivity index (χ0n) is 13.2. The molecule has 1 saturated heterocycles. The number of nitrogens with zero attached hydrogens (tertiary/aromatic N) is 1. The van der Waals surface area contributed by atoms with Crippen molar-refractivity contribution in [1.82, 2.24) is 4.98 Å². The summed E-state index contributed by atoms with van der Waals surface area (Å²) >= 11 is 0. The first-order valence-corrected chi connectivity index (χ1v) is 7.13. The highest BCUT2D eigenvalue weighted by molar-refractivity contribution is 6.52. The fourth-order valence-electron chi connectivity index (χ4n) is 1.99. The Labute approximate surface area is 127 Å². The summed E-state index contributed by atoms with van der Waals surface area (Å²) in [7, 11) is -0.342. The van der Waals surface area contributed by atoms with Crippen molar-refractivity contribution in [2.24, 2.45) is 5.73 Å². The Morgan fingerprint density at radius 2 is 1.86 bits per heavy atom. The highest BCUT2D eigenvalue weighted by atomic mass is 16.7. The molecule has 2 heterocycles. The molecule has 1 aliphatic rings. The topological polar surface area (TPSA) is 57.4 Å². The fourth-order valence-corrected chi connectivity index (χ4v) is 1.99. The van der Waals surface area contributed by atoms with Crippen molar-refractivity contribution < 1.29 is 9.31 Å². The number of pyridine rings is 1. The van der Waals surface area contributed by atoms with Gasteiger partial charge in [0, 0.05) is 6.20 Å². The van der Waals surface area contributed by atoms with E-state index in [1.807, 2.05) is 51.9 Å². The second-order valence-corrected chi connectivity index (χ2v) is 6.26. The van der Waals surface area contributed by atoms with Gasteiger partial charge >= 0.3 is 7.12 Å². The molecule has 1 aromatic heterocycles. The predicted octanol–water partition coefficient (Wildman–Crippen LogP) is 2.91. The van der Waals surface area contributed by atoms with Crippen LogP contribution in [0, 0.1) is 0 Å². The molecule has 1 aromatic rings. The summed E-state index contributed by atoms with van der Waals surface area (Å²) in [6.45, 7) is 11.8. The van der Waals surface area contributed by atoms with E-state index >= 15 is 0 Å². The molecule has 0 radical (unpaired) electrons. The average molecular weight is 286 g/mol. The van der Waals surface area contributed by atoms with E-state index in [1.165, 1.54) is 0 Å². The largest absolute Gasteiger partial charge is 0.487 e. The monoisotopic (exact) mass is 286 g/mol. The Morgan fingerprint density at radius 3 is 2.33 bits per heavy atom. The molecule has 21 heavy (non-hydrogen) atoms. The molecular weight excluding hydrogens is 263 g/mol. The highest BCUT2D eigenvalue weighted by Crippen LogP contribution is 2.36. The Hall–Kier alpha value is -1.43. The molecule has 2 rings (SSSR count). The lowest BCUT2D eigenvalue weighted by molar-refractivity contribution is 0.00578. The Balaban J connectivity index is 2.04. The standard InChI is InChI=1S/C16H23BN2O2/c1-6-13(18)14-8-7-12(11-19-14)9-10-17-20-15(2,3)16(4,5)21-17/h6-11,13H,1,18H2,2-5H3/b10-9+/t13-/m1/s1. The molecule has 4 nitrogen and oxygen atoms in total. The van der Waals surface area contributed by atoms with E-state index in [2.05, 4.69) is 11.6 Å². The first kappa shape index (κ1) is 16.0. The van der Waals surface area contributed by atoms with Crippen LogP contribution in [0.5, 0.6) is 0 Å². The van der Waals surface area contributed by atoms with E-state index in [4.69, 9.17) is 15.0 Å². The van der Waals surface area contributed by atoms with E-state index in [9.17, 15) is 0 Å². The third-order valence-corrected chi connectivity index (χ3v) is 4.12. The summed E-state index contributed by atoms with van der Waals surface area (Å²) in [5.41, 5.74) is 6.98. The van der Waals surface area contributed by atoms with Gasteiger partial charge in [0.05, 0.1) is 22.9 Å². The summed E-state index contributed by atoms with van der Waals surface area (Å²) < 4.78 is 11.8. The zero-order chi connectivity index (χ0) is 15.7. The molecule has 0 bridgehead atoms. The summed E-state index contributed by atoms with van der Waals surface area (Å²) in [5, 5.41) is 0. The fraction of sp³-hybridized carbons (Fsp3) is 0.438. The number of aromatic nitrogens is 1. The lowest BCUT2D eigenvalue weighted by atomic mass is 9.89. The Morgan fingerprint density at radius 1 is 1.24 bits per heavy atom.